The van der Waals surface area contributed by atoms with Crippen LogP contribution in [-0.4, -0.2) is 49.1 Å². The molecule has 0 saturated heterocycles. The van der Waals surface area contributed by atoms with E-state index in [2.05, 4.69) is 10.6 Å². The standard InChI is InChI=1S/C32H44N2O6/c1-7-8-9-26(30(37)38)20-25(28(35)34-27(29(36)33-5)32(2,3)4)15-12-21-10-13-22(14-11-21)23-16-18-24(19-17-23)31(39)40-6/h10-11,13-14,16-19,25-27H,7-9,12,15,20H2,1-6H3,(H,33,36)(H,34,35)(H,37,38)/t25-,26+,27-/m1/s1. The van der Waals surface area contributed by atoms with Crippen LogP contribution in [0.2, 0.25) is 0 Å². The number of ether oxygens (including phenoxy) is 1. The van der Waals surface area contributed by atoms with Crippen LogP contribution in [0.3, 0.4) is 0 Å². The summed E-state index contributed by atoms with van der Waals surface area (Å²) in [5.41, 5.74) is 2.93. The minimum Gasteiger partial charge on any atom is -0.481 e. The number of aryl methyl sites for hydroxylation is 1. The predicted molar refractivity (Wildman–Crippen MR) is 156 cm³/mol. The largest absolute Gasteiger partial charge is 0.481 e. The number of esters is 1. The van der Waals surface area contributed by atoms with Gasteiger partial charge in [0.25, 0.3) is 0 Å². The number of hydrogen-bond acceptors (Lipinski definition) is 5. The number of aliphatic carboxylic acids is 1. The summed E-state index contributed by atoms with van der Waals surface area (Å²) in [6.07, 6.45) is 3.42. The van der Waals surface area contributed by atoms with Crippen molar-refractivity contribution in [3.8, 4) is 11.1 Å². The number of carboxylic acids is 1. The molecule has 218 valence electrons. The second-order valence-corrected chi connectivity index (χ2v) is 11.3. The van der Waals surface area contributed by atoms with Crippen molar-refractivity contribution in [2.75, 3.05) is 14.2 Å². The number of methoxy groups -OCH3 is 1. The summed E-state index contributed by atoms with van der Waals surface area (Å²) < 4.78 is 4.75. The van der Waals surface area contributed by atoms with Crippen LogP contribution < -0.4 is 10.6 Å². The number of unbranched alkanes of at least 4 members (excludes halogenated alkanes) is 1. The number of carbonyl (C=O) groups is 4. The van der Waals surface area contributed by atoms with Crippen LogP contribution in [0.15, 0.2) is 48.5 Å². The first-order valence-corrected chi connectivity index (χ1v) is 13.9. The zero-order valence-corrected chi connectivity index (χ0v) is 24.6. The predicted octanol–water partition coefficient (Wildman–Crippen LogP) is 5.25. The monoisotopic (exact) mass is 552 g/mol. The summed E-state index contributed by atoms with van der Waals surface area (Å²) in [5, 5.41) is 15.4. The third-order valence-electron chi connectivity index (χ3n) is 7.23. The van der Waals surface area contributed by atoms with E-state index in [1.165, 1.54) is 14.2 Å². The van der Waals surface area contributed by atoms with E-state index in [1.54, 1.807) is 12.1 Å². The number of hydrogen-bond donors (Lipinski definition) is 3. The fourth-order valence-electron chi connectivity index (χ4n) is 4.69. The lowest BCUT2D eigenvalue weighted by Gasteiger charge is -2.31. The average Bonchev–Trinajstić information content (AvgIpc) is 2.94. The van der Waals surface area contributed by atoms with Crippen molar-refractivity contribution in [3.63, 3.8) is 0 Å². The highest BCUT2D eigenvalue weighted by molar-refractivity contribution is 5.90. The van der Waals surface area contributed by atoms with Crippen molar-refractivity contribution in [3.05, 3.63) is 59.7 Å². The first-order chi connectivity index (χ1) is 18.9. The van der Waals surface area contributed by atoms with Gasteiger partial charge in [-0.05, 0) is 59.9 Å². The van der Waals surface area contributed by atoms with Crippen LogP contribution in [-0.2, 0) is 25.5 Å². The van der Waals surface area contributed by atoms with Crippen LogP contribution in [0.25, 0.3) is 11.1 Å². The SMILES string of the molecule is CCCC[C@@H](C[C@@H](CCc1ccc(-c2ccc(C(=O)OC)cc2)cc1)C(=O)N[C@H](C(=O)NC)C(C)(C)C)C(=O)O. The van der Waals surface area contributed by atoms with Gasteiger partial charge in [0.05, 0.1) is 18.6 Å². The zero-order chi connectivity index (χ0) is 29.9. The lowest BCUT2D eigenvalue weighted by atomic mass is 9.83. The van der Waals surface area contributed by atoms with Gasteiger partial charge in [-0.2, -0.15) is 0 Å². The summed E-state index contributed by atoms with van der Waals surface area (Å²) in [7, 11) is 2.88. The Morgan fingerprint density at radius 2 is 1.45 bits per heavy atom. The fraction of sp³-hybridized carbons (Fsp3) is 0.500. The molecule has 0 aliphatic rings. The second-order valence-electron chi connectivity index (χ2n) is 11.3. The van der Waals surface area contributed by atoms with Gasteiger partial charge in [0.2, 0.25) is 11.8 Å². The van der Waals surface area contributed by atoms with Crippen molar-refractivity contribution in [1.29, 1.82) is 0 Å². The number of carbonyl (C=O) groups excluding carboxylic acids is 3. The molecule has 40 heavy (non-hydrogen) atoms. The van der Waals surface area contributed by atoms with Crippen LogP contribution in [0.5, 0.6) is 0 Å². The van der Waals surface area contributed by atoms with Gasteiger partial charge in [-0.3, -0.25) is 14.4 Å². The van der Waals surface area contributed by atoms with Crippen molar-refractivity contribution >= 4 is 23.8 Å². The molecule has 2 rings (SSSR count). The second kappa shape index (κ2) is 15.2. The van der Waals surface area contributed by atoms with E-state index >= 15 is 0 Å². The van der Waals surface area contributed by atoms with Gasteiger partial charge in [0, 0.05) is 13.0 Å². The summed E-state index contributed by atoms with van der Waals surface area (Å²) >= 11 is 0. The van der Waals surface area contributed by atoms with Gasteiger partial charge in [0.15, 0.2) is 0 Å². The molecule has 0 saturated carbocycles. The van der Waals surface area contributed by atoms with E-state index in [0.29, 0.717) is 24.8 Å². The molecule has 3 atom stereocenters. The minimum absolute atomic E-state index is 0.219. The Balaban J connectivity index is 2.21. The maximum absolute atomic E-state index is 13.5. The molecule has 0 heterocycles. The van der Waals surface area contributed by atoms with Crippen molar-refractivity contribution in [2.45, 2.75) is 72.3 Å². The van der Waals surface area contributed by atoms with Crippen molar-refractivity contribution in [2.24, 2.45) is 17.3 Å². The van der Waals surface area contributed by atoms with Gasteiger partial charge in [0.1, 0.15) is 6.04 Å². The Kier molecular flexibility index (Phi) is 12.4. The van der Waals surface area contributed by atoms with E-state index in [-0.39, 0.29) is 24.2 Å². The molecule has 0 aromatic heterocycles. The highest BCUT2D eigenvalue weighted by atomic mass is 16.5. The Morgan fingerprint density at radius 3 is 1.93 bits per heavy atom. The molecule has 2 aromatic rings. The third kappa shape index (κ3) is 9.50. The quantitative estimate of drug-likeness (QED) is 0.275. The fourth-order valence-corrected chi connectivity index (χ4v) is 4.69. The van der Waals surface area contributed by atoms with E-state index in [1.807, 2.05) is 64.1 Å². The first-order valence-electron chi connectivity index (χ1n) is 13.9. The number of rotatable bonds is 14. The van der Waals surface area contributed by atoms with Crippen LogP contribution in [0, 0.1) is 17.3 Å². The molecule has 8 heteroatoms. The molecule has 0 spiro atoms. The van der Waals surface area contributed by atoms with E-state index in [0.717, 1.165) is 29.5 Å². The lowest BCUT2D eigenvalue weighted by Crippen LogP contribution is -2.54. The third-order valence-corrected chi connectivity index (χ3v) is 7.23. The maximum Gasteiger partial charge on any atom is 0.337 e. The smallest absolute Gasteiger partial charge is 0.337 e. The highest BCUT2D eigenvalue weighted by Gasteiger charge is 2.35. The van der Waals surface area contributed by atoms with Crippen LogP contribution in [0.1, 0.15) is 75.7 Å². The van der Waals surface area contributed by atoms with Gasteiger partial charge in [-0.25, -0.2) is 4.79 Å². The van der Waals surface area contributed by atoms with Crippen LogP contribution >= 0.6 is 0 Å². The molecule has 0 unspecified atom stereocenters. The van der Waals surface area contributed by atoms with Crippen molar-refractivity contribution in [1.82, 2.24) is 10.6 Å². The number of likely N-dealkylation sites (N-methyl/N-ethyl adjacent to an activating group) is 1. The molecule has 2 amide bonds. The molecule has 2 aromatic carbocycles. The molecule has 0 radical (unpaired) electrons. The summed E-state index contributed by atoms with van der Waals surface area (Å²) in [6.45, 7) is 7.66. The Hall–Kier alpha value is -3.68. The maximum atomic E-state index is 13.5. The first kappa shape index (κ1) is 32.5. The molecule has 0 fully saturated rings. The van der Waals surface area contributed by atoms with Crippen LogP contribution in [0.4, 0.5) is 0 Å². The molecular formula is C32H44N2O6. The number of carboxylic acid groups (broad SMARTS) is 1. The molecule has 0 bridgehead atoms. The molecule has 3 N–H and O–H groups in total. The van der Waals surface area contributed by atoms with E-state index < -0.39 is 29.3 Å². The van der Waals surface area contributed by atoms with E-state index in [9.17, 15) is 24.3 Å². The molecule has 0 aliphatic heterocycles. The molecule has 8 nitrogen and oxygen atoms in total. The minimum atomic E-state index is -0.896. The topological polar surface area (TPSA) is 122 Å². The average molecular weight is 553 g/mol. The Bertz CT molecular complexity index is 1140. The van der Waals surface area contributed by atoms with E-state index in [4.69, 9.17) is 4.74 Å². The lowest BCUT2D eigenvalue weighted by molar-refractivity contribution is -0.143. The van der Waals surface area contributed by atoms with Crippen molar-refractivity contribution < 1.29 is 29.0 Å². The molecule has 0 aliphatic carbocycles. The zero-order valence-electron chi connectivity index (χ0n) is 24.6. The molecular weight excluding hydrogens is 508 g/mol. The number of nitrogens with one attached hydrogen (secondary N) is 2. The van der Waals surface area contributed by atoms with Gasteiger partial charge in [-0.15, -0.1) is 0 Å². The highest BCUT2D eigenvalue weighted by Crippen LogP contribution is 2.27. The van der Waals surface area contributed by atoms with Gasteiger partial charge >= 0.3 is 11.9 Å². The number of amides is 2. The number of benzene rings is 2. The Morgan fingerprint density at radius 1 is 0.875 bits per heavy atom. The summed E-state index contributed by atoms with van der Waals surface area (Å²) in [5.74, 6) is -3.04. The summed E-state index contributed by atoms with van der Waals surface area (Å²) in [6, 6.07) is 14.4. The van der Waals surface area contributed by atoms with Gasteiger partial charge < -0.3 is 20.5 Å². The Labute approximate surface area is 237 Å². The van der Waals surface area contributed by atoms with Gasteiger partial charge in [-0.1, -0.05) is 76.9 Å². The normalized spacial score (nSPS) is 13.6. The summed E-state index contributed by atoms with van der Waals surface area (Å²) in [4.78, 5) is 49.7.